The summed E-state index contributed by atoms with van der Waals surface area (Å²) in [4.78, 5) is 20.9. The lowest BCUT2D eigenvalue weighted by Crippen LogP contribution is -2.30. The van der Waals surface area contributed by atoms with Gasteiger partial charge in [-0.3, -0.25) is 4.79 Å². The summed E-state index contributed by atoms with van der Waals surface area (Å²) in [6.45, 7) is 0.438. The molecule has 92 valence electrons. The molecule has 0 atom stereocenters. The Bertz CT molecular complexity index is 407. The highest BCUT2D eigenvalue weighted by molar-refractivity contribution is 5.67. The molecule has 1 aromatic rings. The van der Waals surface area contributed by atoms with Crippen LogP contribution in [0, 0.1) is 0 Å². The maximum atomic E-state index is 10.6. The first kappa shape index (κ1) is 11.6. The lowest BCUT2D eigenvalue weighted by atomic mass is 10.4. The fourth-order valence-corrected chi connectivity index (χ4v) is 1.63. The zero-order valence-corrected chi connectivity index (χ0v) is 9.67. The van der Waals surface area contributed by atoms with Gasteiger partial charge >= 0.3 is 5.97 Å². The molecule has 1 aliphatic rings. The highest BCUT2D eigenvalue weighted by Gasteiger charge is 2.31. The second-order valence-corrected chi connectivity index (χ2v) is 3.97. The second-order valence-electron chi connectivity index (χ2n) is 3.97. The van der Waals surface area contributed by atoms with Crippen LogP contribution in [0.15, 0.2) is 12.3 Å². The number of anilines is 1. The Morgan fingerprint density at radius 2 is 2.41 bits per heavy atom. The average Bonchev–Trinajstić information content (AvgIpc) is 3.14. The Labute approximate surface area is 99.2 Å². The third-order valence-corrected chi connectivity index (χ3v) is 2.64. The second kappa shape index (κ2) is 4.99. The number of aliphatic carboxylic acids is 1. The van der Waals surface area contributed by atoms with Crippen molar-refractivity contribution in [3.63, 3.8) is 0 Å². The quantitative estimate of drug-likeness (QED) is 0.793. The van der Waals surface area contributed by atoms with E-state index < -0.39 is 5.97 Å². The van der Waals surface area contributed by atoms with Gasteiger partial charge in [0.2, 0.25) is 11.8 Å². The first-order valence-electron chi connectivity index (χ1n) is 5.56. The Morgan fingerprint density at radius 3 is 3.00 bits per heavy atom. The van der Waals surface area contributed by atoms with Crippen molar-refractivity contribution in [2.75, 3.05) is 18.6 Å². The topological polar surface area (TPSA) is 75.5 Å². The molecular weight excluding hydrogens is 222 g/mol. The van der Waals surface area contributed by atoms with Crippen molar-refractivity contribution < 1.29 is 14.6 Å². The van der Waals surface area contributed by atoms with Gasteiger partial charge in [0.25, 0.3) is 0 Å². The number of methoxy groups -OCH3 is 1. The van der Waals surface area contributed by atoms with E-state index in [1.807, 2.05) is 4.90 Å². The van der Waals surface area contributed by atoms with E-state index in [1.54, 1.807) is 19.4 Å². The van der Waals surface area contributed by atoms with Crippen molar-refractivity contribution >= 4 is 11.9 Å². The Kier molecular flexibility index (Phi) is 3.41. The number of ether oxygens (including phenoxy) is 1. The van der Waals surface area contributed by atoms with E-state index >= 15 is 0 Å². The van der Waals surface area contributed by atoms with Crippen LogP contribution < -0.4 is 9.64 Å². The van der Waals surface area contributed by atoms with Gasteiger partial charge in [-0.2, -0.15) is 4.98 Å². The number of hydrogen-bond donors (Lipinski definition) is 1. The average molecular weight is 237 g/mol. The number of carboxylic acids is 1. The largest absolute Gasteiger partial charge is 0.481 e. The van der Waals surface area contributed by atoms with Crippen molar-refractivity contribution in [3.8, 4) is 5.88 Å². The summed E-state index contributed by atoms with van der Waals surface area (Å²) < 4.78 is 5.04. The predicted molar refractivity (Wildman–Crippen MR) is 61.2 cm³/mol. The number of carboxylic acid groups (broad SMARTS) is 1. The SMILES string of the molecule is COc1ccnc(N(CCC(=O)O)C2CC2)n1. The molecule has 1 fully saturated rings. The van der Waals surface area contributed by atoms with Crippen LogP contribution in [0.3, 0.4) is 0 Å². The van der Waals surface area contributed by atoms with Gasteiger partial charge in [0.1, 0.15) is 0 Å². The van der Waals surface area contributed by atoms with Gasteiger partial charge in [0.05, 0.1) is 13.5 Å². The summed E-state index contributed by atoms with van der Waals surface area (Å²) in [7, 11) is 1.55. The molecule has 6 heteroatoms. The molecule has 2 rings (SSSR count). The van der Waals surface area contributed by atoms with Crippen molar-refractivity contribution in [1.29, 1.82) is 0 Å². The number of aromatic nitrogens is 2. The number of hydrogen-bond acceptors (Lipinski definition) is 5. The van der Waals surface area contributed by atoms with Crippen molar-refractivity contribution in [1.82, 2.24) is 9.97 Å². The molecule has 0 unspecified atom stereocenters. The maximum absolute atomic E-state index is 10.6. The zero-order valence-electron chi connectivity index (χ0n) is 9.67. The van der Waals surface area contributed by atoms with Crippen LogP contribution >= 0.6 is 0 Å². The van der Waals surface area contributed by atoms with E-state index in [0.717, 1.165) is 12.8 Å². The zero-order chi connectivity index (χ0) is 12.3. The molecule has 1 aromatic heterocycles. The molecule has 0 amide bonds. The van der Waals surface area contributed by atoms with Crippen LogP contribution in [0.2, 0.25) is 0 Å². The lowest BCUT2D eigenvalue weighted by Gasteiger charge is -2.21. The third-order valence-electron chi connectivity index (χ3n) is 2.64. The molecule has 6 nitrogen and oxygen atoms in total. The van der Waals surface area contributed by atoms with Gasteiger partial charge in [0.15, 0.2) is 0 Å². The van der Waals surface area contributed by atoms with Crippen LogP contribution in [0.4, 0.5) is 5.95 Å². The summed E-state index contributed by atoms with van der Waals surface area (Å²) in [5.41, 5.74) is 0. The monoisotopic (exact) mass is 237 g/mol. The first-order chi connectivity index (χ1) is 8.20. The van der Waals surface area contributed by atoms with Crippen molar-refractivity contribution in [2.45, 2.75) is 25.3 Å². The smallest absolute Gasteiger partial charge is 0.305 e. The molecule has 1 heterocycles. The molecule has 1 N–H and O–H groups in total. The minimum atomic E-state index is -0.807. The molecule has 0 aliphatic heterocycles. The van der Waals surface area contributed by atoms with Crippen LogP contribution in [0.5, 0.6) is 5.88 Å². The minimum Gasteiger partial charge on any atom is -0.481 e. The predicted octanol–water partition coefficient (Wildman–Crippen LogP) is 0.929. The van der Waals surface area contributed by atoms with Gasteiger partial charge in [-0.05, 0) is 12.8 Å². The van der Waals surface area contributed by atoms with Crippen molar-refractivity contribution in [3.05, 3.63) is 12.3 Å². The summed E-state index contributed by atoms with van der Waals surface area (Å²) in [5, 5.41) is 8.72. The van der Waals surface area contributed by atoms with Crippen LogP contribution in [-0.2, 0) is 4.79 Å². The normalized spacial score (nSPS) is 14.4. The van der Waals surface area contributed by atoms with Gasteiger partial charge in [-0.1, -0.05) is 0 Å². The van der Waals surface area contributed by atoms with E-state index in [1.165, 1.54) is 0 Å². The molecule has 0 saturated heterocycles. The fraction of sp³-hybridized carbons (Fsp3) is 0.545. The molecule has 1 saturated carbocycles. The van der Waals surface area contributed by atoms with Crippen LogP contribution in [-0.4, -0.2) is 40.7 Å². The Balaban J connectivity index is 2.10. The molecular formula is C11H15N3O3. The van der Waals surface area contributed by atoms with E-state index in [4.69, 9.17) is 9.84 Å². The van der Waals surface area contributed by atoms with E-state index in [-0.39, 0.29) is 6.42 Å². The van der Waals surface area contributed by atoms with Gasteiger partial charge in [0, 0.05) is 24.8 Å². The van der Waals surface area contributed by atoms with Crippen molar-refractivity contribution in [2.24, 2.45) is 0 Å². The summed E-state index contributed by atoms with van der Waals surface area (Å²) in [5.74, 6) is 0.239. The van der Waals surface area contributed by atoms with E-state index in [2.05, 4.69) is 9.97 Å². The van der Waals surface area contributed by atoms with E-state index in [9.17, 15) is 4.79 Å². The van der Waals surface area contributed by atoms with Crippen LogP contribution in [0.1, 0.15) is 19.3 Å². The number of carbonyl (C=O) groups is 1. The highest BCUT2D eigenvalue weighted by atomic mass is 16.5. The highest BCUT2D eigenvalue weighted by Crippen LogP contribution is 2.30. The maximum Gasteiger partial charge on any atom is 0.305 e. The lowest BCUT2D eigenvalue weighted by molar-refractivity contribution is -0.136. The Morgan fingerprint density at radius 1 is 1.65 bits per heavy atom. The Hall–Kier alpha value is -1.85. The summed E-state index contributed by atoms with van der Waals surface area (Å²) >= 11 is 0. The van der Waals surface area contributed by atoms with Gasteiger partial charge < -0.3 is 14.7 Å². The van der Waals surface area contributed by atoms with Gasteiger partial charge in [-0.25, -0.2) is 4.98 Å². The summed E-state index contributed by atoms with van der Waals surface area (Å²) in [6, 6.07) is 2.05. The molecule has 0 spiro atoms. The number of rotatable bonds is 6. The van der Waals surface area contributed by atoms with Crippen LogP contribution in [0.25, 0.3) is 0 Å². The van der Waals surface area contributed by atoms with E-state index in [0.29, 0.717) is 24.4 Å². The fourth-order valence-electron chi connectivity index (χ4n) is 1.63. The minimum absolute atomic E-state index is 0.0943. The van der Waals surface area contributed by atoms with Gasteiger partial charge in [-0.15, -0.1) is 0 Å². The molecule has 0 radical (unpaired) electrons. The molecule has 0 bridgehead atoms. The first-order valence-corrected chi connectivity index (χ1v) is 5.56. The summed E-state index contributed by atoms with van der Waals surface area (Å²) in [6.07, 6.45) is 3.86. The third kappa shape index (κ3) is 3.05. The molecule has 1 aliphatic carbocycles. The molecule has 17 heavy (non-hydrogen) atoms. The number of nitrogens with zero attached hydrogens (tertiary/aromatic N) is 3. The standard InChI is InChI=1S/C11H15N3O3/c1-17-9-4-6-12-11(13-9)14(8-2-3-8)7-5-10(15)16/h4,6,8H,2-3,5,7H2,1H3,(H,15,16). The molecule has 0 aromatic carbocycles.